The smallest absolute Gasteiger partial charge is 0.317 e. The molecule has 0 aromatic rings. The average Bonchev–Trinajstić information content (AvgIpc) is 2.71. The van der Waals surface area contributed by atoms with Crippen LogP contribution in [0.15, 0.2) is 0 Å². The third kappa shape index (κ3) is 3.13. The molecule has 0 aliphatic carbocycles. The zero-order chi connectivity index (χ0) is 13.0. The summed E-state index contributed by atoms with van der Waals surface area (Å²) >= 11 is 0. The van der Waals surface area contributed by atoms with Crippen molar-refractivity contribution in [2.75, 3.05) is 45.9 Å². The minimum atomic E-state index is -0.156. The molecule has 0 radical (unpaired) electrons. The number of ether oxygens (including phenoxy) is 2. The Morgan fingerprint density at radius 2 is 2.06 bits per heavy atom. The first-order valence-electron chi connectivity index (χ1n) is 6.74. The molecule has 0 aromatic carbocycles. The molecule has 2 aliphatic heterocycles. The van der Waals surface area contributed by atoms with Gasteiger partial charge in [0.15, 0.2) is 6.29 Å². The van der Waals surface area contributed by atoms with Gasteiger partial charge in [0.05, 0.1) is 6.04 Å². The molecule has 1 unspecified atom stereocenters. The number of carbonyl (C=O) groups is 1. The maximum atomic E-state index is 11.5. The molecule has 2 fully saturated rings. The normalized spacial score (nSPS) is 24.5. The van der Waals surface area contributed by atoms with Crippen molar-refractivity contribution in [2.45, 2.75) is 26.2 Å². The molecule has 6 nitrogen and oxygen atoms in total. The van der Waals surface area contributed by atoms with Crippen molar-refractivity contribution in [2.24, 2.45) is 0 Å². The van der Waals surface area contributed by atoms with Crippen LogP contribution in [-0.4, -0.2) is 74.1 Å². The van der Waals surface area contributed by atoms with Crippen molar-refractivity contribution in [3.8, 4) is 0 Å². The summed E-state index contributed by atoms with van der Waals surface area (Å²) in [6.07, 6.45) is -0.156. The molecule has 2 aliphatic rings. The van der Waals surface area contributed by atoms with E-state index in [1.54, 1.807) is 0 Å². The highest BCUT2D eigenvalue weighted by Gasteiger charge is 2.35. The largest absolute Gasteiger partial charge is 0.352 e. The van der Waals surface area contributed by atoms with Gasteiger partial charge in [0.2, 0.25) is 0 Å². The van der Waals surface area contributed by atoms with Crippen LogP contribution in [0.2, 0.25) is 0 Å². The van der Waals surface area contributed by atoms with Crippen molar-refractivity contribution in [1.29, 1.82) is 0 Å². The Balaban J connectivity index is 1.81. The van der Waals surface area contributed by atoms with Gasteiger partial charge in [0.25, 0.3) is 0 Å². The van der Waals surface area contributed by atoms with E-state index in [2.05, 4.69) is 10.2 Å². The summed E-state index contributed by atoms with van der Waals surface area (Å²) in [6, 6.07) is 0.376. The molecule has 0 saturated carbocycles. The van der Waals surface area contributed by atoms with E-state index in [4.69, 9.17) is 9.47 Å². The molecule has 0 aromatic heterocycles. The van der Waals surface area contributed by atoms with Crippen molar-refractivity contribution in [3.05, 3.63) is 0 Å². The maximum absolute atomic E-state index is 11.5. The highest BCUT2D eigenvalue weighted by molar-refractivity contribution is 5.77. The number of nitrogens with zero attached hydrogens (tertiary/aromatic N) is 2. The fourth-order valence-electron chi connectivity index (χ4n) is 2.57. The van der Waals surface area contributed by atoms with Crippen LogP contribution in [0, 0.1) is 0 Å². The Bertz CT molecular complexity index is 282. The molecule has 104 valence electrons. The van der Waals surface area contributed by atoms with Crippen LogP contribution in [-0.2, 0) is 9.47 Å². The quantitative estimate of drug-likeness (QED) is 0.686. The first kappa shape index (κ1) is 13.6. The number of hydrogen-bond donors (Lipinski definition) is 1. The minimum absolute atomic E-state index is 0.0748. The van der Waals surface area contributed by atoms with E-state index in [-0.39, 0.29) is 12.3 Å². The predicted octanol–water partition coefficient (Wildman–Crippen LogP) is 0.0949. The number of hydrogen-bond acceptors (Lipinski definition) is 4. The van der Waals surface area contributed by atoms with Gasteiger partial charge in [0.1, 0.15) is 0 Å². The summed E-state index contributed by atoms with van der Waals surface area (Å²) in [7, 11) is 0. The fraction of sp³-hybridized carbons (Fsp3) is 0.917. The van der Waals surface area contributed by atoms with E-state index in [0.29, 0.717) is 19.3 Å². The van der Waals surface area contributed by atoms with Gasteiger partial charge in [-0.15, -0.1) is 0 Å². The van der Waals surface area contributed by atoms with Crippen LogP contribution < -0.4 is 5.32 Å². The third-order valence-electron chi connectivity index (χ3n) is 3.43. The molecule has 0 bridgehead atoms. The van der Waals surface area contributed by atoms with Crippen LogP contribution in [0.1, 0.15) is 13.8 Å². The molecular formula is C12H23N3O3. The highest BCUT2D eigenvalue weighted by Crippen LogP contribution is 2.15. The predicted molar refractivity (Wildman–Crippen MR) is 67.4 cm³/mol. The standard InChI is InChI=1S/C12H23N3O3/c1-3-17-11(18-4-2)9-14-5-6-15-10(8-14)7-13-12(15)16/h10-11H,3-9H2,1-2H3,(H,13,16). The van der Waals surface area contributed by atoms with E-state index >= 15 is 0 Å². The SMILES string of the molecule is CCOC(CN1CCN2C(=O)NCC2C1)OCC. The van der Waals surface area contributed by atoms with E-state index < -0.39 is 0 Å². The zero-order valence-corrected chi connectivity index (χ0v) is 11.2. The molecule has 1 N–H and O–H groups in total. The Labute approximate surface area is 108 Å². The van der Waals surface area contributed by atoms with Crippen LogP contribution in [0.3, 0.4) is 0 Å². The van der Waals surface area contributed by atoms with Crippen molar-refractivity contribution in [1.82, 2.24) is 15.1 Å². The number of piperazine rings is 1. The van der Waals surface area contributed by atoms with Gasteiger partial charge in [-0.25, -0.2) is 4.79 Å². The van der Waals surface area contributed by atoms with Crippen molar-refractivity contribution in [3.63, 3.8) is 0 Å². The van der Waals surface area contributed by atoms with Crippen molar-refractivity contribution >= 4 is 6.03 Å². The Morgan fingerprint density at radius 1 is 1.33 bits per heavy atom. The molecule has 0 spiro atoms. The lowest BCUT2D eigenvalue weighted by Crippen LogP contribution is -2.53. The van der Waals surface area contributed by atoms with Crippen LogP contribution in [0.5, 0.6) is 0 Å². The van der Waals surface area contributed by atoms with Crippen LogP contribution >= 0.6 is 0 Å². The summed E-state index contributed by atoms with van der Waals surface area (Å²) < 4.78 is 11.1. The summed E-state index contributed by atoms with van der Waals surface area (Å²) in [5.41, 5.74) is 0. The van der Waals surface area contributed by atoms with E-state index in [9.17, 15) is 4.79 Å². The fourth-order valence-corrected chi connectivity index (χ4v) is 2.57. The first-order valence-corrected chi connectivity index (χ1v) is 6.74. The second-order valence-corrected chi connectivity index (χ2v) is 4.63. The second-order valence-electron chi connectivity index (χ2n) is 4.63. The molecular weight excluding hydrogens is 234 g/mol. The lowest BCUT2D eigenvalue weighted by atomic mass is 10.2. The van der Waals surface area contributed by atoms with E-state index in [1.807, 2.05) is 18.7 Å². The summed E-state index contributed by atoms with van der Waals surface area (Å²) in [5.74, 6) is 0. The number of nitrogens with one attached hydrogen (secondary N) is 1. The highest BCUT2D eigenvalue weighted by atomic mass is 16.7. The van der Waals surface area contributed by atoms with Gasteiger partial charge < -0.3 is 19.7 Å². The Hall–Kier alpha value is -0.850. The third-order valence-corrected chi connectivity index (χ3v) is 3.43. The summed E-state index contributed by atoms with van der Waals surface area (Å²) in [4.78, 5) is 15.7. The molecule has 2 heterocycles. The molecule has 2 saturated heterocycles. The van der Waals surface area contributed by atoms with Crippen LogP contribution in [0.4, 0.5) is 4.79 Å². The number of carbonyl (C=O) groups excluding carboxylic acids is 1. The summed E-state index contributed by atoms with van der Waals surface area (Å²) in [6.45, 7) is 9.39. The molecule has 6 heteroatoms. The average molecular weight is 257 g/mol. The monoisotopic (exact) mass is 257 g/mol. The molecule has 18 heavy (non-hydrogen) atoms. The van der Waals surface area contributed by atoms with Gasteiger partial charge in [0, 0.05) is 45.9 Å². The maximum Gasteiger partial charge on any atom is 0.317 e. The first-order chi connectivity index (χ1) is 8.74. The van der Waals surface area contributed by atoms with Gasteiger partial charge in [-0.05, 0) is 13.8 Å². The lowest BCUT2D eigenvalue weighted by Gasteiger charge is -2.37. The second kappa shape index (κ2) is 6.36. The Morgan fingerprint density at radius 3 is 2.72 bits per heavy atom. The van der Waals surface area contributed by atoms with Gasteiger partial charge in [-0.2, -0.15) is 0 Å². The lowest BCUT2D eigenvalue weighted by molar-refractivity contribution is -0.149. The number of amides is 2. The van der Waals surface area contributed by atoms with E-state index in [1.165, 1.54) is 0 Å². The van der Waals surface area contributed by atoms with E-state index in [0.717, 1.165) is 32.7 Å². The number of rotatable bonds is 6. The molecule has 2 amide bonds. The Kier molecular flexibility index (Phi) is 4.79. The topological polar surface area (TPSA) is 54.0 Å². The number of urea groups is 1. The van der Waals surface area contributed by atoms with Gasteiger partial charge in [-0.3, -0.25) is 4.90 Å². The molecule has 2 rings (SSSR count). The molecule has 1 atom stereocenters. The minimum Gasteiger partial charge on any atom is -0.352 e. The number of fused-ring (bicyclic) bond motifs is 1. The van der Waals surface area contributed by atoms with Crippen molar-refractivity contribution < 1.29 is 14.3 Å². The van der Waals surface area contributed by atoms with Gasteiger partial charge in [-0.1, -0.05) is 0 Å². The summed E-state index contributed by atoms with van der Waals surface area (Å²) in [5, 5.41) is 2.88. The van der Waals surface area contributed by atoms with Crippen LogP contribution in [0.25, 0.3) is 0 Å². The zero-order valence-electron chi connectivity index (χ0n) is 11.2. The van der Waals surface area contributed by atoms with Gasteiger partial charge >= 0.3 is 6.03 Å².